The van der Waals surface area contributed by atoms with E-state index < -0.39 is 0 Å². The van der Waals surface area contributed by atoms with Crippen molar-refractivity contribution in [2.75, 3.05) is 7.05 Å². The molecule has 2 nitrogen and oxygen atoms in total. The van der Waals surface area contributed by atoms with E-state index >= 15 is 0 Å². The number of allylic oxidation sites excluding steroid dienone is 7. The van der Waals surface area contributed by atoms with E-state index in [4.69, 9.17) is 4.74 Å². The molecule has 0 N–H and O–H groups in total. The fraction of sp³-hybridized carbons (Fsp3) is 0.214. The van der Waals surface area contributed by atoms with Crippen LogP contribution in [0.4, 0.5) is 0 Å². The lowest BCUT2D eigenvalue weighted by Gasteiger charge is -2.05. The molecule has 0 aromatic carbocycles. The lowest BCUT2D eigenvalue weighted by molar-refractivity contribution is 0.337. The van der Waals surface area contributed by atoms with Crippen molar-refractivity contribution in [1.82, 2.24) is 0 Å². The van der Waals surface area contributed by atoms with Gasteiger partial charge in [0.2, 0.25) is 0 Å². The van der Waals surface area contributed by atoms with Gasteiger partial charge in [0.15, 0.2) is 0 Å². The average molecular weight is 217 g/mol. The van der Waals surface area contributed by atoms with E-state index in [1.807, 2.05) is 38.2 Å². The van der Waals surface area contributed by atoms with Crippen molar-refractivity contribution >= 4 is 6.21 Å². The zero-order chi connectivity index (χ0) is 12.2. The van der Waals surface area contributed by atoms with Crippen LogP contribution in [0.5, 0.6) is 0 Å². The summed E-state index contributed by atoms with van der Waals surface area (Å²) in [7, 11) is 1.72. The second-order valence-electron chi connectivity index (χ2n) is 2.88. The number of rotatable bonds is 6. The SMILES string of the molecule is C=C/C=C(\C=C/C)OC(/C=C\C)=C/C=NC. The first kappa shape index (κ1) is 14.2. The Labute approximate surface area is 98.0 Å². The Balaban J connectivity index is 4.84. The summed E-state index contributed by atoms with van der Waals surface area (Å²) in [5, 5.41) is 0. The van der Waals surface area contributed by atoms with Crippen LogP contribution in [0.3, 0.4) is 0 Å². The molecule has 0 atom stereocenters. The molecule has 86 valence electrons. The Bertz CT molecular complexity index is 344. The number of ether oxygens (including phenoxy) is 1. The molecule has 0 aromatic rings. The van der Waals surface area contributed by atoms with E-state index in [0.717, 1.165) is 11.5 Å². The molecule has 0 bridgehead atoms. The molecule has 0 amide bonds. The van der Waals surface area contributed by atoms with Gasteiger partial charge < -0.3 is 4.74 Å². The van der Waals surface area contributed by atoms with Crippen molar-refractivity contribution in [3.63, 3.8) is 0 Å². The topological polar surface area (TPSA) is 21.6 Å². The van der Waals surface area contributed by atoms with E-state index in [9.17, 15) is 0 Å². The molecule has 0 aliphatic carbocycles. The van der Waals surface area contributed by atoms with Gasteiger partial charge in [-0.05, 0) is 38.2 Å². The molecule has 2 heteroatoms. The second-order valence-corrected chi connectivity index (χ2v) is 2.88. The van der Waals surface area contributed by atoms with E-state index in [1.165, 1.54) is 0 Å². The molecule has 0 fully saturated rings. The third kappa shape index (κ3) is 6.60. The Kier molecular flexibility index (Phi) is 8.60. The lowest BCUT2D eigenvalue weighted by Crippen LogP contribution is -1.89. The van der Waals surface area contributed by atoms with Crippen LogP contribution < -0.4 is 0 Å². The number of hydrogen-bond donors (Lipinski definition) is 0. The zero-order valence-corrected chi connectivity index (χ0v) is 10.2. The molecule has 0 aromatic heterocycles. The molecule has 0 heterocycles. The minimum absolute atomic E-state index is 0.735. The molecular formula is C14H19NO. The monoisotopic (exact) mass is 217 g/mol. The molecule has 16 heavy (non-hydrogen) atoms. The molecule has 0 saturated heterocycles. The molecule has 0 spiro atoms. The summed E-state index contributed by atoms with van der Waals surface area (Å²) < 4.78 is 5.66. The van der Waals surface area contributed by atoms with Gasteiger partial charge >= 0.3 is 0 Å². The van der Waals surface area contributed by atoms with Gasteiger partial charge in [0.05, 0.1) is 0 Å². The fourth-order valence-electron chi connectivity index (χ4n) is 0.976. The Morgan fingerprint density at radius 2 is 1.62 bits per heavy atom. The highest BCUT2D eigenvalue weighted by molar-refractivity contribution is 5.72. The van der Waals surface area contributed by atoms with Crippen LogP contribution in [0.25, 0.3) is 0 Å². The molecule has 0 unspecified atom stereocenters. The van der Waals surface area contributed by atoms with Gasteiger partial charge in [-0.3, -0.25) is 4.99 Å². The first-order valence-electron chi connectivity index (χ1n) is 5.16. The Morgan fingerprint density at radius 1 is 1.06 bits per heavy atom. The third-order valence-electron chi connectivity index (χ3n) is 1.57. The van der Waals surface area contributed by atoms with Gasteiger partial charge in [-0.25, -0.2) is 0 Å². The molecule has 0 aliphatic heterocycles. The summed E-state index contributed by atoms with van der Waals surface area (Å²) in [5.74, 6) is 1.48. The van der Waals surface area contributed by atoms with Gasteiger partial charge in [-0.15, -0.1) is 0 Å². The van der Waals surface area contributed by atoms with Crippen LogP contribution in [-0.2, 0) is 4.74 Å². The molecule has 0 rings (SSSR count). The highest BCUT2D eigenvalue weighted by atomic mass is 16.5. The average Bonchev–Trinajstić information content (AvgIpc) is 2.27. The standard InChI is InChI=1S/C14H19NO/c1-5-8-13(9-6-2)16-14(10-7-3)11-12-15-4/h5-12H,1H2,2-4H3/b9-6-,10-7-,13-8+,14-11+,15-12?. The smallest absolute Gasteiger partial charge is 0.128 e. The van der Waals surface area contributed by atoms with E-state index in [1.54, 1.807) is 31.5 Å². The summed E-state index contributed by atoms with van der Waals surface area (Å²) in [6.07, 6.45) is 14.6. The summed E-state index contributed by atoms with van der Waals surface area (Å²) in [6, 6.07) is 0. The Morgan fingerprint density at radius 3 is 2.06 bits per heavy atom. The second kappa shape index (κ2) is 9.71. The van der Waals surface area contributed by atoms with Crippen LogP contribution in [0, 0.1) is 0 Å². The summed E-state index contributed by atoms with van der Waals surface area (Å²) >= 11 is 0. The van der Waals surface area contributed by atoms with Gasteiger partial charge in [0.1, 0.15) is 11.5 Å². The van der Waals surface area contributed by atoms with Crippen molar-refractivity contribution in [3.05, 3.63) is 60.6 Å². The minimum atomic E-state index is 0.735. The van der Waals surface area contributed by atoms with Crippen LogP contribution >= 0.6 is 0 Å². The fourth-order valence-corrected chi connectivity index (χ4v) is 0.976. The number of hydrogen-bond acceptors (Lipinski definition) is 2. The maximum atomic E-state index is 5.66. The van der Waals surface area contributed by atoms with Gasteiger partial charge in [0, 0.05) is 13.3 Å². The van der Waals surface area contributed by atoms with Crippen LogP contribution in [-0.4, -0.2) is 13.3 Å². The van der Waals surface area contributed by atoms with Gasteiger partial charge in [0.25, 0.3) is 0 Å². The first-order chi connectivity index (χ1) is 7.78. The lowest BCUT2D eigenvalue weighted by atomic mass is 10.3. The summed E-state index contributed by atoms with van der Waals surface area (Å²) in [6.45, 7) is 7.52. The zero-order valence-electron chi connectivity index (χ0n) is 10.2. The molecule has 0 aliphatic rings. The largest absolute Gasteiger partial charge is 0.457 e. The summed E-state index contributed by atoms with van der Waals surface area (Å²) in [4.78, 5) is 3.88. The van der Waals surface area contributed by atoms with Crippen LogP contribution in [0.1, 0.15) is 13.8 Å². The molecular weight excluding hydrogens is 198 g/mol. The number of nitrogens with zero attached hydrogens (tertiary/aromatic N) is 1. The highest BCUT2D eigenvalue weighted by Gasteiger charge is 1.95. The van der Waals surface area contributed by atoms with Gasteiger partial charge in [-0.2, -0.15) is 0 Å². The van der Waals surface area contributed by atoms with Crippen molar-refractivity contribution in [1.29, 1.82) is 0 Å². The normalized spacial score (nSPS) is 14.2. The van der Waals surface area contributed by atoms with Gasteiger partial charge in [-0.1, -0.05) is 24.8 Å². The van der Waals surface area contributed by atoms with E-state index in [-0.39, 0.29) is 0 Å². The van der Waals surface area contributed by atoms with E-state index in [0.29, 0.717) is 0 Å². The third-order valence-corrected chi connectivity index (χ3v) is 1.57. The Hall–Kier alpha value is -1.83. The highest BCUT2D eigenvalue weighted by Crippen LogP contribution is 2.09. The molecule has 0 radical (unpaired) electrons. The van der Waals surface area contributed by atoms with Crippen LogP contribution in [0.2, 0.25) is 0 Å². The summed E-state index contributed by atoms with van der Waals surface area (Å²) in [5.41, 5.74) is 0. The quantitative estimate of drug-likeness (QED) is 0.376. The van der Waals surface area contributed by atoms with Crippen molar-refractivity contribution in [3.8, 4) is 0 Å². The van der Waals surface area contributed by atoms with Crippen molar-refractivity contribution in [2.24, 2.45) is 4.99 Å². The predicted molar refractivity (Wildman–Crippen MR) is 71.5 cm³/mol. The van der Waals surface area contributed by atoms with Crippen LogP contribution in [0.15, 0.2) is 65.6 Å². The predicted octanol–water partition coefficient (Wildman–Crippen LogP) is 3.81. The maximum Gasteiger partial charge on any atom is 0.128 e. The van der Waals surface area contributed by atoms with Crippen molar-refractivity contribution in [2.45, 2.75) is 13.8 Å². The van der Waals surface area contributed by atoms with Crippen molar-refractivity contribution < 1.29 is 4.74 Å². The molecule has 0 saturated carbocycles. The van der Waals surface area contributed by atoms with E-state index in [2.05, 4.69) is 11.6 Å². The number of aliphatic imine (C=N–C) groups is 1. The maximum absolute atomic E-state index is 5.66. The minimum Gasteiger partial charge on any atom is -0.457 e. The first-order valence-corrected chi connectivity index (χ1v) is 5.16.